The molecule has 5 rings (SSSR count). The van der Waals surface area contributed by atoms with Gasteiger partial charge in [0.25, 0.3) is 11.8 Å². The number of hydrogen-bond donors (Lipinski definition) is 1. The number of aryl methyl sites for hydroxylation is 1. The number of nitrogens with one attached hydrogen (secondary N) is 1. The van der Waals surface area contributed by atoms with Gasteiger partial charge in [0.15, 0.2) is 0 Å². The standard InChI is InChI=1S/C28H22FN3O2S/c1-17-15-20(31-26(33)22-8-5-9-23(29)18(22)2)12-13-21(17)28(34)32-16-19-7-6-14-30-27(19)35-25-11-4-3-10-24(25)32/h3-15H,16H2,1-2H3,(H,31,33). The van der Waals surface area contributed by atoms with Gasteiger partial charge < -0.3 is 10.2 Å². The number of pyridine rings is 1. The van der Waals surface area contributed by atoms with E-state index in [0.29, 0.717) is 23.4 Å². The summed E-state index contributed by atoms with van der Waals surface area (Å²) in [6, 6.07) is 21.3. The molecule has 7 heteroatoms. The van der Waals surface area contributed by atoms with Crippen LogP contribution in [0.5, 0.6) is 0 Å². The number of anilines is 2. The van der Waals surface area contributed by atoms with Crippen LogP contribution in [0.3, 0.4) is 0 Å². The molecule has 1 aromatic heterocycles. The van der Waals surface area contributed by atoms with Gasteiger partial charge in [0.05, 0.1) is 12.2 Å². The first kappa shape index (κ1) is 22.8. The molecule has 4 aromatic rings. The van der Waals surface area contributed by atoms with Crippen molar-refractivity contribution in [3.63, 3.8) is 0 Å². The maximum atomic E-state index is 13.9. The van der Waals surface area contributed by atoms with E-state index >= 15 is 0 Å². The van der Waals surface area contributed by atoms with Gasteiger partial charge in [-0.25, -0.2) is 9.37 Å². The number of aromatic nitrogens is 1. The summed E-state index contributed by atoms with van der Waals surface area (Å²) >= 11 is 1.55. The summed E-state index contributed by atoms with van der Waals surface area (Å²) < 4.78 is 13.9. The number of fused-ring (bicyclic) bond motifs is 2. The van der Waals surface area contributed by atoms with Crippen LogP contribution in [0.1, 0.15) is 37.4 Å². The minimum absolute atomic E-state index is 0.133. The van der Waals surface area contributed by atoms with Crippen LogP contribution in [0.4, 0.5) is 15.8 Å². The second kappa shape index (κ2) is 9.35. The highest BCUT2D eigenvalue weighted by molar-refractivity contribution is 7.99. The van der Waals surface area contributed by atoms with Crippen LogP contribution >= 0.6 is 11.8 Å². The molecule has 0 unspecified atom stereocenters. The first-order chi connectivity index (χ1) is 16.9. The fraction of sp³-hybridized carbons (Fsp3) is 0.107. The largest absolute Gasteiger partial charge is 0.322 e. The first-order valence-corrected chi connectivity index (χ1v) is 11.9. The number of amides is 2. The Morgan fingerprint density at radius 3 is 2.63 bits per heavy atom. The maximum absolute atomic E-state index is 13.9. The number of para-hydroxylation sites is 1. The molecule has 2 heterocycles. The van der Waals surface area contributed by atoms with Gasteiger partial charge >= 0.3 is 0 Å². The zero-order chi connectivity index (χ0) is 24.5. The molecule has 5 nitrogen and oxygen atoms in total. The number of halogens is 1. The highest BCUT2D eigenvalue weighted by Crippen LogP contribution is 2.40. The smallest absolute Gasteiger partial charge is 0.258 e. The molecule has 0 bridgehead atoms. The molecule has 1 N–H and O–H groups in total. The Hall–Kier alpha value is -3.97. The lowest BCUT2D eigenvalue weighted by atomic mass is 10.0. The Morgan fingerprint density at radius 2 is 1.80 bits per heavy atom. The lowest BCUT2D eigenvalue weighted by molar-refractivity contribution is 0.0983. The van der Waals surface area contributed by atoms with E-state index in [9.17, 15) is 14.0 Å². The van der Waals surface area contributed by atoms with Crippen molar-refractivity contribution in [2.75, 3.05) is 10.2 Å². The Bertz CT molecular complexity index is 1470. The maximum Gasteiger partial charge on any atom is 0.258 e. The Morgan fingerprint density at radius 1 is 0.971 bits per heavy atom. The number of carbonyl (C=O) groups excluding carboxylic acids is 2. The SMILES string of the molecule is Cc1cc(NC(=O)c2cccc(F)c2C)ccc1C(=O)N1Cc2cccnc2Sc2ccccc21. The van der Waals surface area contributed by atoms with Crippen LogP contribution < -0.4 is 10.2 Å². The third-order valence-corrected chi connectivity index (χ3v) is 7.14. The molecule has 1 aliphatic heterocycles. The molecule has 174 valence electrons. The molecule has 2 amide bonds. The molecule has 0 fully saturated rings. The van der Waals surface area contributed by atoms with E-state index in [2.05, 4.69) is 10.3 Å². The number of benzene rings is 3. The number of rotatable bonds is 3. The van der Waals surface area contributed by atoms with Gasteiger partial charge in [-0.3, -0.25) is 9.59 Å². The lowest BCUT2D eigenvalue weighted by Gasteiger charge is -2.24. The third-order valence-electron chi connectivity index (χ3n) is 6.01. The normalized spacial score (nSPS) is 12.4. The van der Waals surface area contributed by atoms with E-state index < -0.39 is 11.7 Å². The van der Waals surface area contributed by atoms with E-state index in [4.69, 9.17) is 0 Å². The van der Waals surface area contributed by atoms with Crippen LogP contribution in [0.15, 0.2) is 88.9 Å². The minimum atomic E-state index is -0.428. The first-order valence-electron chi connectivity index (χ1n) is 11.1. The second-order valence-electron chi connectivity index (χ2n) is 8.32. The number of carbonyl (C=O) groups is 2. The van der Waals surface area contributed by atoms with E-state index in [1.54, 1.807) is 54.0 Å². The molecule has 0 saturated heterocycles. The van der Waals surface area contributed by atoms with Crippen molar-refractivity contribution in [2.24, 2.45) is 0 Å². The summed E-state index contributed by atoms with van der Waals surface area (Å²) in [4.78, 5) is 33.7. The molecular formula is C28H22FN3O2S. The average molecular weight is 484 g/mol. The van der Waals surface area contributed by atoms with Gasteiger partial charge in [0.2, 0.25) is 0 Å². The van der Waals surface area contributed by atoms with Crippen molar-refractivity contribution in [2.45, 2.75) is 30.3 Å². The van der Waals surface area contributed by atoms with Crippen LogP contribution in [-0.2, 0) is 6.54 Å². The van der Waals surface area contributed by atoms with Gasteiger partial charge in [-0.15, -0.1) is 0 Å². The third kappa shape index (κ3) is 4.42. The van der Waals surface area contributed by atoms with Crippen molar-refractivity contribution in [1.29, 1.82) is 0 Å². The quantitative estimate of drug-likeness (QED) is 0.366. The molecule has 1 aliphatic rings. The molecule has 35 heavy (non-hydrogen) atoms. The highest BCUT2D eigenvalue weighted by atomic mass is 32.2. The predicted molar refractivity (Wildman–Crippen MR) is 136 cm³/mol. The summed E-state index contributed by atoms with van der Waals surface area (Å²) in [5.41, 5.74) is 4.18. The van der Waals surface area contributed by atoms with Gasteiger partial charge in [0, 0.05) is 33.5 Å². The van der Waals surface area contributed by atoms with Gasteiger partial charge in [0.1, 0.15) is 10.8 Å². The summed E-state index contributed by atoms with van der Waals surface area (Å²) in [5.74, 6) is -0.961. The second-order valence-corrected chi connectivity index (χ2v) is 9.36. The van der Waals surface area contributed by atoms with Crippen molar-refractivity contribution < 1.29 is 14.0 Å². The monoisotopic (exact) mass is 483 g/mol. The minimum Gasteiger partial charge on any atom is -0.322 e. The fourth-order valence-corrected chi connectivity index (χ4v) is 5.14. The Labute approximate surface area is 207 Å². The summed E-state index contributed by atoms with van der Waals surface area (Å²) in [5, 5.41) is 3.70. The van der Waals surface area contributed by atoms with E-state index in [-0.39, 0.29) is 11.5 Å². The van der Waals surface area contributed by atoms with Crippen LogP contribution in [0.25, 0.3) is 0 Å². The van der Waals surface area contributed by atoms with E-state index in [0.717, 1.165) is 26.7 Å². The van der Waals surface area contributed by atoms with Crippen LogP contribution in [0, 0.1) is 19.7 Å². The topological polar surface area (TPSA) is 62.3 Å². The molecule has 0 saturated carbocycles. The van der Waals surface area contributed by atoms with Crippen molar-refractivity contribution in [1.82, 2.24) is 4.98 Å². The molecule has 3 aromatic carbocycles. The average Bonchev–Trinajstić information content (AvgIpc) is 3.02. The molecule has 0 aliphatic carbocycles. The van der Waals surface area contributed by atoms with E-state index in [1.807, 2.05) is 43.3 Å². The summed E-state index contributed by atoms with van der Waals surface area (Å²) in [7, 11) is 0. The zero-order valence-electron chi connectivity index (χ0n) is 19.2. The van der Waals surface area contributed by atoms with Gasteiger partial charge in [-0.2, -0.15) is 0 Å². The Kier molecular flexibility index (Phi) is 6.09. The fourth-order valence-electron chi connectivity index (χ4n) is 4.12. The van der Waals surface area contributed by atoms with Crippen LogP contribution in [-0.4, -0.2) is 16.8 Å². The predicted octanol–water partition coefficient (Wildman–Crippen LogP) is 6.40. The lowest BCUT2D eigenvalue weighted by Crippen LogP contribution is -2.31. The molecule has 0 atom stereocenters. The van der Waals surface area contributed by atoms with Gasteiger partial charge in [-0.05, 0) is 73.5 Å². The molecule has 0 spiro atoms. The van der Waals surface area contributed by atoms with E-state index in [1.165, 1.54) is 12.1 Å². The Balaban J connectivity index is 1.44. The van der Waals surface area contributed by atoms with Gasteiger partial charge in [-0.1, -0.05) is 36.0 Å². The highest BCUT2D eigenvalue weighted by Gasteiger charge is 2.27. The number of hydrogen-bond acceptors (Lipinski definition) is 4. The summed E-state index contributed by atoms with van der Waals surface area (Å²) in [6.07, 6.45) is 1.76. The number of nitrogens with zero attached hydrogens (tertiary/aromatic N) is 2. The van der Waals surface area contributed by atoms with Crippen molar-refractivity contribution in [3.8, 4) is 0 Å². The van der Waals surface area contributed by atoms with Crippen molar-refractivity contribution in [3.05, 3.63) is 113 Å². The molecule has 0 radical (unpaired) electrons. The summed E-state index contributed by atoms with van der Waals surface area (Å²) in [6.45, 7) is 3.81. The molecular weight excluding hydrogens is 461 g/mol. The van der Waals surface area contributed by atoms with Crippen molar-refractivity contribution >= 4 is 35.0 Å². The zero-order valence-corrected chi connectivity index (χ0v) is 20.0. The van der Waals surface area contributed by atoms with Crippen LogP contribution in [0.2, 0.25) is 0 Å².